The molecule has 0 bridgehead atoms. The molecule has 2 heteroatoms. The molecule has 0 amide bonds. The number of hydrogen-bond donors (Lipinski definition) is 1. The normalized spacial score (nSPS) is 12.7. The number of likely N-dealkylation sites (N-methyl/N-ethyl adjacent to an activating group) is 1. The summed E-state index contributed by atoms with van der Waals surface area (Å²) in [5.41, 5.74) is 4.37. The smallest absolute Gasteiger partial charge is 0.0198 e. The highest BCUT2D eigenvalue weighted by molar-refractivity contribution is 7.99. The summed E-state index contributed by atoms with van der Waals surface area (Å²) in [6, 6.07) is 7.19. The zero-order valence-electron chi connectivity index (χ0n) is 11.5. The van der Waals surface area contributed by atoms with Gasteiger partial charge in [0, 0.05) is 11.8 Å². The maximum absolute atomic E-state index is 3.60. The minimum Gasteiger partial charge on any atom is -0.313 e. The molecule has 0 aliphatic carbocycles. The minimum absolute atomic E-state index is 0.602. The Balaban J connectivity index is 2.70. The second kappa shape index (κ2) is 7.78. The van der Waals surface area contributed by atoms with Crippen molar-refractivity contribution < 1.29 is 0 Å². The van der Waals surface area contributed by atoms with Crippen LogP contribution in [0, 0.1) is 13.8 Å². The fraction of sp³-hybridized carbons (Fsp3) is 0.600. The van der Waals surface area contributed by atoms with E-state index in [-0.39, 0.29) is 0 Å². The van der Waals surface area contributed by atoms with E-state index in [0.29, 0.717) is 6.04 Å². The zero-order valence-corrected chi connectivity index (χ0v) is 12.4. The van der Waals surface area contributed by atoms with E-state index in [1.54, 1.807) is 0 Å². The largest absolute Gasteiger partial charge is 0.313 e. The zero-order chi connectivity index (χ0) is 12.7. The maximum atomic E-state index is 3.60. The highest BCUT2D eigenvalue weighted by Gasteiger charge is 2.11. The fourth-order valence-electron chi connectivity index (χ4n) is 2.16. The van der Waals surface area contributed by atoms with Crippen LogP contribution in [0.2, 0.25) is 0 Å². The molecule has 1 rings (SSSR count). The third-order valence-corrected chi connectivity index (χ3v) is 4.16. The molecule has 0 fully saturated rings. The Kier molecular flexibility index (Phi) is 6.68. The van der Waals surface area contributed by atoms with E-state index < -0.39 is 0 Å². The summed E-state index contributed by atoms with van der Waals surface area (Å²) in [6.45, 7) is 9.91. The molecule has 0 saturated carbocycles. The number of rotatable bonds is 7. The first-order valence-electron chi connectivity index (χ1n) is 6.55. The van der Waals surface area contributed by atoms with Gasteiger partial charge in [0.05, 0.1) is 0 Å². The molecular formula is C15H25NS. The molecule has 1 aromatic rings. The topological polar surface area (TPSA) is 12.0 Å². The minimum atomic E-state index is 0.602. The molecule has 0 radical (unpaired) electrons. The van der Waals surface area contributed by atoms with Gasteiger partial charge in [-0.25, -0.2) is 0 Å². The van der Waals surface area contributed by atoms with Gasteiger partial charge in [-0.1, -0.05) is 32.0 Å². The second-order valence-corrected chi connectivity index (χ2v) is 5.81. The van der Waals surface area contributed by atoms with Crippen LogP contribution in [0.4, 0.5) is 0 Å². The summed E-state index contributed by atoms with van der Waals surface area (Å²) in [7, 11) is 0. The molecule has 1 aromatic carbocycles. The van der Waals surface area contributed by atoms with Crippen LogP contribution >= 0.6 is 11.8 Å². The quantitative estimate of drug-likeness (QED) is 0.795. The lowest BCUT2D eigenvalue weighted by molar-refractivity contribution is 0.570. The van der Waals surface area contributed by atoms with Gasteiger partial charge in [0.15, 0.2) is 0 Å². The average molecular weight is 251 g/mol. The molecular weight excluding hydrogens is 226 g/mol. The Morgan fingerprint density at radius 1 is 1.18 bits per heavy atom. The Morgan fingerprint density at radius 3 is 2.35 bits per heavy atom. The van der Waals surface area contributed by atoms with E-state index in [9.17, 15) is 0 Å². The van der Waals surface area contributed by atoms with Gasteiger partial charge >= 0.3 is 0 Å². The SMILES string of the molecule is CCNC(CSCC)Cc1c(C)cccc1C. The standard InChI is InChI=1S/C15H25NS/c1-5-16-14(11-17-6-2)10-15-12(3)8-7-9-13(15)4/h7-9,14,16H,5-6,10-11H2,1-4H3. The summed E-state index contributed by atoms with van der Waals surface area (Å²) >= 11 is 2.02. The molecule has 0 aromatic heterocycles. The first kappa shape index (κ1) is 14.6. The number of hydrogen-bond acceptors (Lipinski definition) is 2. The highest BCUT2D eigenvalue weighted by Crippen LogP contribution is 2.17. The van der Waals surface area contributed by atoms with Crippen LogP contribution in [0.1, 0.15) is 30.5 Å². The maximum Gasteiger partial charge on any atom is 0.0198 e. The van der Waals surface area contributed by atoms with Crippen LogP contribution in [-0.4, -0.2) is 24.1 Å². The van der Waals surface area contributed by atoms with Crippen molar-refractivity contribution in [1.82, 2.24) is 5.32 Å². The summed E-state index contributed by atoms with van der Waals surface area (Å²) in [5, 5.41) is 3.60. The Hall–Kier alpha value is -0.470. The van der Waals surface area contributed by atoms with Crippen molar-refractivity contribution in [2.24, 2.45) is 0 Å². The molecule has 0 heterocycles. The predicted octanol–water partition coefficient (Wildman–Crippen LogP) is 3.58. The van der Waals surface area contributed by atoms with Crippen molar-refractivity contribution in [3.63, 3.8) is 0 Å². The summed E-state index contributed by atoms with van der Waals surface area (Å²) in [6.07, 6.45) is 1.15. The van der Waals surface area contributed by atoms with Crippen LogP contribution in [0.25, 0.3) is 0 Å². The van der Waals surface area contributed by atoms with Crippen molar-refractivity contribution in [2.45, 2.75) is 40.2 Å². The number of nitrogens with one attached hydrogen (secondary N) is 1. The molecule has 17 heavy (non-hydrogen) atoms. The molecule has 1 N–H and O–H groups in total. The van der Waals surface area contributed by atoms with Crippen molar-refractivity contribution in [3.8, 4) is 0 Å². The van der Waals surface area contributed by atoms with E-state index >= 15 is 0 Å². The van der Waals surface area contributed by atoms with Crippen LogP contribution in [-0.2, 0) is 6.42 Å². The highest BCUT2D eigenvalue weighted by atomic mass is 32.2. The third-order valence-electron chi connectivity index (χ3n) is 3.11. The van der Waals surface area contributed by atoms with Gasteiger partial charge in [-0.2, -0.15) is 11.8 Å². The van der Waals surface area contributed by atoms with E-state index in [1.807, 2.05) is 11.8 Å². The Bertz CT molecular complexity index is 315. The summed E-state index contributed by atoms with van der Waals surface area (Å²) in [5.74, 6) is 2.41. The van der Waals surface area contributed by atoms with Gasteiger partial charge in [-0.3, -0.25) is 0 Å². The van der Waals surface area contributed by atoms with Crippen molar-refractivity contribution in [2.75, 3.05) is 18.1 Å². The van der Waals surface area contributed by atoms with E-state index in [1.165, 1.54) is 28.2 Å². The van der Waals surface area contributed by atoms with E-state index in [4.69, 9.17) is 0 Å². The fourth-order valence-corrected chi connectivity index (χ4v) is 2.91. The molecule has 0 aliphatic rings. The van der Waals surface area contributed by atoms with Gasteiger partial charge in [-0.15, -0.1) is 0 Å². The van der Waals surface area contributed by atoms with Crippen LogP contribution in [0.15, 0.2) is 18.2 Å². The summed E-state index contributed by atoms with van der Waals surface area (Å²) < 4.78 is 0. The number of benzene rings is 1. The van der Waals surface area contributed by atoms with Gasteiger partial charge in [0.2, 0.25) is 0 Å². The van der Waals surface area contributed by atoms with Gasteiger partial charge in [0.25, 0.3) is 0 Å². The monoisotopic (exact) mass is 251 g/mol. The average Bonchev–Trinajstić information content (AvgIpc) is 2.31. The van der Waals surface area contributed by atoms with Crippen LogP contribution in [0.3, 0.4) is 0 Å². The lowest BCUT2D eigenvalue weighted by atomic mass is 9.97. The van der Waals surface area contributed by atoms with Crippen molar-refractivity contribution in [1.29, 1.82) is 0 Å². The lowest BCUT2D eigenvalue weighted by Gasteiger charge is -2.20. The number of thioether (sulfide) groups is 1. The van der Waals surface area contributed by atoms with Crippen molar-refractivity contribution >= 4 is 11.8 Å². The first-order valence-corrected chi connectivity index (χ1v) is 7.70. The summed E-state index contributed by atoms with van der Waals surface area (Å²) in [4.78, 5) is 0. The molecule has 1 unspecified atom stereocenters. The number of aryl methyl sites for hydroxylation is 2. The third kappa shape index (κ3) is 4.72. The van der Waals surface area contributed by atoms with Crippen LogP contribution in [0.5, 0.6) is 0 Å². The van der Waals surface area contributed by atoms with Crippen LogP contribution < -0.4 is 5.32 Å². The van der Waals surface area contributed by atoms with Gasteiger partial charge in [-0.05, 0) is 49.3 Å². The Morgan fingerprint density at radius 2 is 1.82 bits per heavy atom. The predicted molar refractivity (Wildman–Crippen MR) is 80.1 cm³/mol. The molecule has 0 saturated heterocycles. The first-order chi connectivity index (χ1) is 8.19. The molecule has 0 aliphatic heterocycles. The van der Waals surface area contributed by atoms with Gasteiger partial charge in [0.1, 0.15) is 0 Å². The van der Waals surface area contributed by atoms with E-state index in [2.05, 4.69) is 51.2 Å². The van der Waals surface area contributed by atoms with Gasteiger partial charge < -0.3 is 5.32 Å². The molecule has 1 nitrogen and oxygen atoms in total. The molecule has 1 atom stereocenters. The van der Waals surface area contributed by atoms with Crippen molar-refractivity contribution in [3.05, 3.63) is 34.9 Å². The molecule has 0 spiro atoms. The lowest BCUT2D eigenvalue weighted by Crippen LogP contribution is -2.33. The second-order valence-electron chi connectivity index (χ2n) is 4.49. The Labute approximate surface area is 110 Å². The molecule has 96 valence electrons. The van der Waals surface area contributed by atoms with E-state index in [0.717, 1.165) is 13.0 Å².